The third kappa shape index (κ3) is 5.70. The summed E-state index contributed by atoms with van der Waals surface area (Å²) in [5.74, 6) is 0.998. The molecule has 3 rings (SSSR count). The number of para-hydroxylation sites is 1. The molecule has 0 bridgehead atoms. The van der Waals surface area contributed by atoms with Crippen molar-refractivity contribution in [1.29, 1.82) is 0 Å². The van der Waals surface area contributed by atoms with E-state index < -0.39 is 0 Å². The van der Waals surface area contributed by atoms with Gasteiger partial charge >= 0.3 is 0 Å². The lowest BCUT2D eigenvalue weighted by Gasteiger charge is -2.26. The van der Waals surface area contributed by atoms with Gasteiger partial charge in [0.15, 0.2) is 5.96 Å². The van der Waals surface area contributed by atoms with Crippen molar-refractivity contribution in [2.45, 2.75) is 25.2 Å². The van der Waals surface area contributed by atoms with E-state index in [0.29, 0.717) is 13.0 Å². The molecule has 2 aliphatic heterocycles. The van der Waals surface area contributed by atoms with Crippen LogP contribution in [0.2, 0.25) is 0 Å². The Kier molecular flexibility index (Phi) is 8.37. The Balaban J connectivity index is 0.00000243. The van der Waals surface area contributed by atoms with Crippen molar-refractivity contribution in [1.82, 2.24) is 10.6 Å². The molecule has 3 N–H and O–H groups in total. The molecule has 0 fully saturated rings. The number of aliphatic imine (C=N–C) groups is 1. The minimum atomic E-state index is 0. The highest BCUT2D eigenvalue weighted by Crippen LogP contribution is 2.31. The number of nitrogens with zero attached hydrogens (tertiary/aromatic N) is 1. The number of halogens is 1. The van der Waals surface area contributed by atoms with Gasteiger partial charge in [0.05, 0.1) is 13.2 Å². The molecule has 0 saturated heterocycles. The van der Waals surface area contributed by atoms with Gasteiger partial charge in [0, 0.05) is 38.2 Å². The third-order valence-electron chi connectivity index (χ3n) is 4.64. The lowest BCUT2D eigenvalue weighted by atomic mass is 9.90. The molecule has 1 atom stereocenters. The molecular formula is C19H27IN4O2. The predicted octanol–water partition coefficient (Wildman–Crippen LogP) is 2.63. The van der Waals surface area contributed by atoms with Crippen molar-refractivity contribution in [2.24, 2.45) is 4.99 Å². The number of anilines is 1. The Morgan fingerprint density at radius 3 is 2.96 bits per heavy atom. The molecule has 26 heavy (non-hydrogen) atoms. The molecule has 2 heterocycles. The molecule has 142 valence electrons. The summed E-state index contributed by atoms with van der Waals surface area (Å²) in [5.41, 5.74) is 3.53. The van der Waals surface area contributed by atoms with Crippen LogP contribution in [-0.4, -0.2) is 45.2 Å². The first-order valence-corrected chi connectivity index (χ1v) is 8.85. The first-order chi connectivity index (χ1) is 12.3. The fraction of sp³-hybridized carbons (Fsp3) is 0.474. The van der Waals surface area contributed by atoms with E-state index in [9.17, 15) is 4.79 Å². The SMILES string of the molecule is CN=C(NCCC1=CCOCC1)NCC1CC(=O)Nc2ccccc21.I. The lowest BCUT2D eigenvalue weighted by molar-refractivity contribution is -0.116. The third-order valence-corrected chi connectivity index (χ3v) is 4.64. The summed E-state index contributed by atoms with van der Waals surface area (Å²) >= 11 is 0. The lowest BCUT2D eigenvalue weighted by Crippen LogP contribution is -2.41. The summed E-state index contributed by atoms with van der Waals surface area (Å²) in [7, 11) is 1.77. The van der Waals surface area contributed by atoms with Crippen LogP contribution in [0, 0.1) is 0 Å². The number of ether oxygens (including phenoxy) is 1. The van der Waals surface area contributed by atoms with Gasteiger partial charge in [-0.25, -0.2) is 0 Å². The molecule has 1 aromatic rings. The first kappa shape index (κ1) is 20.7. The summed E-state index contributed by atoms with van der Waals surface area (Å²) in [4.78, 5) is 16.2. The van der Waals surface area contributed by atoms with E-state index in [1.165, 1.54) is 11.1 Å². The number of nitrogens with one attached hydrogen (secondary N) is 3. The number of hydrogen-bond donors (Lipinski definition) is 3. The fourth-order valence-electron chi connectivity index (χ4n) is 3.26. The van der Waals surface area contributed by atoms with Gasteiger partial charge in [0.25, 0.3) is 0 Å². The van der Waals surface area contributed by atoms with Crippen LogP contribution in [0.25, 0.3) is 0 Å². The Morgan fingerprint density at radius 2 is 2.19 bits per heavy atom. The average Bonchev–Trinajstić information content (AvgIpc) is 2.65. The first-order valence-electron chi connectivity index (χ1n) is 8.85. The number of benzene rings is 1. The van der Waals surface area contributed by atoms with E-state index in [1.807, 2.05) is 18.2 Å². The zero-order valence-corrected chi connectivity index (χ0v) is 17.4. The quantitative estimate of drug-likeness (QED) is 0.268. The smallest absolute Gasteiger partial charge is 0.225 e. The van der Waals surface area contributed by atoms with Crippen molar-refractivity contribution in [3.63, 3.8) is 0 Å². The number of fused-ring (bicyclic) bond motifs is 1. The Hall–Kier alpha value is -1.61. The van der Waals surface area contributed by atoms with Crippen molar-refractivity contribution in [3.05, 3.63) is 41.5 Å². The highest BCUT2D eigenvalue weighted by atomic mass is 127. The normalized spacial score (nSPS) is 19.6. The highest BCUT2D eigenvalue weighted by molar-refractivity contribution is 14.0. The molecule has 7 heteroatoms. The summed E-state index contributed by atoms with van der Waals surface area (Å²) in [5, 5.41) is 9.63. The maximum absolute atomic E-state index is 11.9. The Bertz CT molecular complexity index is 675. The fourth-order valence-corrected chi connectivity index (χ4v) is 3.26. The molecule has 1 aromatic carbocycles. The summed E-state index contributed by atoms with van der Waals surface area (Å²) in [6.07, 6.45) is 4.67. The molecule has 0 aromatic heterocycles. The van der Waals surface area contributed by atoms with Crippen LogP contribution in [0.5, 0.6) is 0 Å². The molecule has 0 aliphatic carbocycles. The molecule has 2 aliphatic rings. The van der Waals surface area contributed by atoms with E-state index in [0.717, 1.165) is 44.2 Å². The number of amides is 1. The minimum Gasteiger partial charge on any atom is -0.377 e. The maximum atomic E-state index is 11.9. The van der Waals surface area contributed by atoms with E-state index >= 15 is 0 Å². The average molecular weight is 470 g/mol. The number of carbonyl (C=O) groups is 1. The second-order valence-corrected chi connectivity index (χ2v) is 6.35. The maximum Gasteiger partial charge on any atom is 0.225 e. The van der Waals surface area contributed by atoms with Gasteiger partial charge in [0.1, 0.15) is 0 Å². The van der Waals surface area contributed by atoms with Crippen molar-refractivity contribution in [3.8, 4) is 0 Å². The molecular weight excluding hydrogens is 443 g/mol. The van der Waals surface area contributed by atoms with E-state index in [4.69, 9.17) is 4.74 Å². The molecule has 0 spiro atoms. The van der Waals surface area contributed by atoms with Gasteiger partial charge in [-0.2, -0.15) is 0 Å². The van der Waals surface area contributed by atoms with Crippen LogP contribution in [0.4, 0.5) is 5.69 Å². The van der Waals surface area contributed by atoms with Gasteiger partial charge < -0.3 is 20.7 Å². The van der Waals surface area contributed by atoms with Gasteiger partial charge in [-0.05, 0) is 24.5 Å². The van der Waals surface area contributed by atoms with Gasteiger partial charge in [-0.1, -0.05) is 29.8 Å². The standard InChI is InChI=1S/C19H26N4O2.HI/c1-20-19(21-9-6-14-7-10-25-11-8-14)22-13-15-12-18(24)23-17-5-3-2-4-16(15)17;/h2-5,7,15H,6,8-13H2,1H3,(H,23,24)(H2,20,21,22);1H. The monoisotopic (exact) mass is 470 g/mol. The van der Waals surface area contributed by atoms with Gasteiger partial charge in [0.2, 0.25) is 5.91 Å². The second kappa shape index (κ2) is 10.5. The van der Waals surface area contributed by atoms with E-state index in [2.05, 4.69) is 33.1 Å². The molecule has 6 nitrogen and oxygen atoms in total. The zero-order chi connectivity index (χ0) is 17.5. The van der Waals surface area contributed by atoms with Crippen LogP contribution < -0.4 is 16.0 Å². The van der Waals surface area contributed by atoms with E-state index in [-0.39, 0.29) is 35.8 Å². The predicted molar refractivity (Wildman–Crippen MR) is 115 cm³/mol. The van der Waals surface area contributed by atoms with Crippen molar-refractivity contribution in [2.75, 3.05) is 38.7 Å². The summed E-state index contributed by atoms with van der Waals surface area (Å²) in [6.45, 7) is 3.07. The largest absolute Gasteiger partial charge is 0.377 e. The summed E-state index contributed by atoms with van der Waals surface area (Å²) in [6, 6.07) is 7.99. The second-order valence-electron chi connectivity index (χ2n) is 6.35. The van der Waals surface area contributed by atoms with Crippen molar-refractivity contribution < 1.29 is 9.53 Å². The van der Waals surface area contributed by atoms with Crippen LogP contribution in [0.3, 0.4) is 0 Å². The number of hydrogen-bond acceptors (Lipinski definition) is 3. The van der Waals surface area contributed by atoms with Gasteiger partial charge in [-0.3, -0.25) is 9.79 Å². The van der Waals surface area contributed by atoms with Crippen LogP contribution in [0.15, 0.2) is 40.9 Å². The summed E-state index contributed by atoms with van der Waals surface area (Å²) < 4.78 is 5.33. The molecule has 0 radical (unpaired) electrons. The van der Waals surface area contributed by atoms with Crippen LogP contribution >= 0.6 is 24.0 Å². The van der Waals surface area contributed by atoms with Gasteiger partial charge in [-0.15, -0.1) is 24.0 Å². The zero-order valence-electron chi connectivity index (χ0n) is 15.1. The van der Waals surface area contributed by atoms with Crippen LogP contribution in [0.1, 0.15) is 30.7 Å². The highest BCUT2D eigenvalue weighted by Gasteiger charge is 2.24. The molecule has 1 unspecified atom stereocenters. The minimum absolute atomic E-state index is 0. The van der Waals surface area contributed by atoms with Crippen LogP contribution in [-0.2, 0) is 9.53 Å². The number of rotatable bonds is 5. The Labute approximate surface area is 171 Å². The number of carbonyl (C=O) groups excluding carboxylic acids is 1. The van der Waals surface area contributed by atoms with Crippen molar-refractivity contribution >= 4 is 41.5 Å². The molecule has 0 saturated carbocycles. The Morgan fingerprint density at radius 1 is 1.35 bits per heavy atom. The van der Waals surface area contributed by atoms with E-state index in [1.54, 1.807) is 7.05 Å². The molecule has 1 amide bonds. The topological polar surface area (TPSA) is 74.8 Å². The number of guanidine groups is 1.